The predicted octanol–water partition coefficient (Wildman–Crippen LogP) is 7.51. The maximum Gasteiger partial charge on any atom is 0.348 e. The fourth-order valence-electron chi connectivity index (χ4n) is 4.59. The Hall–Kier alpha value is -5.10. The van der Waals surface area contributed by atoms with Gasteiger partial charge in [-0.25, -0.2) is 4.79 Å². The predicted molar refractivity (Wildman–Crippen MR) is 148 cm³/mol. The van der Waals surface area contributed by atoms with E-state index in [4.69, 9.17) is 18.6 Å². The normalized spacial score (nSPS) is 13.4. The largest absolute Gasteiger partial charge is 0.497 e. The first-order chi connectivity index (χ1) is 19.0. The van der Waals surface area contributed by atoms with Crippen LogP contribution in [0.25, 0.3) is 28.4 Å². The topological polar surface area (TPSA) is 75.0 Å². The van der Waals surface area contributed by atoms with Gasteiger partial charge in [0.05, 0.1) is 12.7 Å². The summed E-state index contributed by atoms with van der Waals surface area (Å²) in [5, 5.41) is 0.574. The van der Waals surface area contributed by atoms with Crippen LogP contribution in [-0.2, 0) is 6.42 Å². The van der Waals surface area contributed by atoms with Crippen LogP contribution in [0.2, 0.25) is 0 Å². The molecule has 6 rings (SSSR count). The molecule has 0 amide bonds. The number of carbonyl (C=O) groups is 2. The van der Waals surface area contributed by atoms with Crippen LogP contribution in [0.5, 0.6) is 17.2 Å². The molecule has 0 bridgehead atoms. The van der Waals surface area contributed by atoms with Crippen molar-refractivity contribution < 1.29 is 28.2 Å². The second-order valence-corrected chi connectivity index (χ2v) is 9.12. The quantitative estimate of drug-likeness (QED) is 0.132. The molecule has 0 spiro atoms. The van der Waals surface area contributed by atoms with Crippen LogP contribution < -0.4 is 14.2 Å². The SMILES string of the molecule is CCc1ccc(C=C2Oc3cc(OC(=O)c4c(-c5ccccc5)oc5ccc(OC)cc45)ccc3C2=O)cc1. The lowest BCUT2D eigenvalue weighted by atomic mass is 10.1. The van der Waals surface area contributed by atoms with Crippen molar-refractivity contribution >= 4 is 28.8 Å². The molecular formula is C33H24O6. The van der Waals surface area contributed by atoms with Crippen LogP contribution in [0.4, 0.5) is 0 Å². The molecule has 39 heavy (non-hydrogen) atoms. The average molecular weight is 517 g/mol. The first-order valence-electron chi connectivity index (χ1n) is 12.6. The van der Waals surface area contributed by atoms with Crippen LogP contribution in [0, 0.1) is 0 Å². The molecule has 0 N–H and O–H groups in total. The van der Waals surface area contributed by atoms with E-state index in [1.54, 1.807) is 49.6 Å². The smallest absolute Gasteiger partial charge is 0.348 e. The number of fused-ring (bicyclic) bond motifs is 2. The number of hydrogen-bond acceptors (Lipinski definition) is 6. The van der Waals surface area contributed by atoms with Gasteiger partial charge in [0.15, 0.2) is 5.76 Å². The minimum absolute atomic E-state index is 0.219. The first-order valence-corrected chi connectivity index (χ1v) is 12.6. The highest BCUT2D eigenvalue weighted by atomic mass is 16.5. The average Bonchev–Trinajstić information content (AvgIpc) is 3.50. The molecule has 1 aliphatic rings. The zero-order valence-corrected chi connectivity index (χ0v) is 21.4. The Morgan fingerprint density at radius 3 is 2.41 bits per heavy atom. The number of furan rings is 1. The standard InChI is InChI=1S/C33H24O6/c1-3-20-9-11-21(12-10-20)17-29-31(34)25-15-13-24(19-28(25)38-29)37-33(35)30-26-18-23(36-2)14-16-27(26)39-32(30)22-7-5-4-6-8-22/h4-19H,3H2,1-2H3. The number of methoxy groups -OCH3 is 1. The lowest BCUT2D eigenvalue weighted by Crippen LogP contribution is -2.09. The highest BCUT2D eigenvalue weighted by molar-refractivity contribution is 6.15. The molecule has 2 heterocycles. The number of aryl methyl sites for hydroxylation is 1. The number of esters is 1. The third kappa shape index (κ3) is 4.57. The molecule has 6 heteroatoms. The summed E-state index contributed by atoms with van der Waals surface area (Å²) < 4.78 is 23.1. The van der Waals surface area contributed by atoms with Gasteiger partial charge in [0.2, 0.25) is 5.78 Å². The van der Waals surface area contributed by atoms with Crippen molar-refractivity contribution in [3.8, 4) is 28.6 Å². The lowest BCUT2D eigenvalue weighted by molar-refractivity contribution is 0.0736. The highest BCUT2D eigenvalue weighted by Gasteiger charge is 2.29. The van der Waals surface area contributed by atoms with Gasteiger partial charge in [-0.05, 0) is 54.0 Å². The third-order valence-corrected chi connectivity index (χ3v) is 6.67. The summed E-state index contributed by atoms with van der Waals surface area (Å²) in [5.41, 5.74) is 4.05. The Morgan fingerprint density at radius 1 is 0.897 bits per heavy atom. The second-order valence-electron chi connectivity index (χ2n) is 9.12. The van der Waals surface area contributed by atoms with Gasteiger partial charge in [-0.15, -0.1) is 0 Å². The van der Waals surface area contributed by atoms with E-state index in [1.165, 1.54) is 5.56 Å². The summed E-state index contributed by atoms with van der Waals surface area (Å²) >= 11 is 0. The summed E-state index contributed by atoms with van der Waals surface area (Å²) in [6.07, 6.45) is 2.65. The van der Waals surface area contributed by atoms with E-state index in [-0.39, 0.29) is 22.9 Å². The molecule has 4 aromatic carbocycles. The van der Waals surface area contributed by atoms with Gasteiger partial charge in [-0.3, -0.25) is 4.79 Å². The van der Waals surface area contributed by atoms with Gasteiger partial charge in [-0.2, -0.15) is 0 Å². The van der Waals surface area contributed by atoms with Crippen molar-refractivity contribution in [2.45, 2.75) is 13.3 Å². The number of rotatable bonds is 6. The molecule has 0 atom stereocenters. The Balaban J connectivity index is 1.31. The van der Waals surface area contributed by atoms with Gasteiger partial charge >= 0.3 is 5.97 Å². The molecule has 0 saturated heterocycles. The Bertz CT molecular complexity index is 1740. The fourth-order valence-corrected chi connectivity index (χ4v) is 4.59. The summed E-state index contributed by atoms with van der Waals surface area (Å²) in [5.74, 6) is 0.969. The van der Waals surface area contributed by atoms with Gasteiger partial charge in [0.25, 0.3) is 0 Å². The van der Waals surface area contributed by atoms with E-state index in [0.717, 1.165) is 17.5 Å². The minimum atomic E-state index is -0.600. The number of hydrogen-bond donors (Lipinski definition) is 0. The van der Waals surface area contributed by atoms with E-state index >= 15 is 0 Å². The molecule has 6 nitrogen and oxygen atoms in total. The number of ketones is 1. The van der Waals surface area contributed by atoms with E-state index in [9.17, 15) is 9.59 Å². The number of allylic oxidation sites excluding steroid dienone is 1. The minimum Gasteiger partial charge on any atom is -0.497 e. The van der Waals surface area contributed by atoms with Gasteiger partial charge < -0.3 is 18.6 Å². The van der Waals surface area contributed by atoms with Crippen LogP contribution in [-0.4, -0.2) is 18.9 Å². The molecule has 1 aliphatic heterocycles. The van der Waals surface area contributed by atoms with E-state index in [1.807, 2.05) is 54.6 Å². The number of ether oxygens (including phenoxy) is 3. The van der Waals surface area contributed by atoms with Crippen molar-refractivity contribution in [2.24, 2.45) is 0 Å². The summed E-state index contributed by atoms with van der Waals surface area (Å²) in [6, 6.07) is 27.3. The monoisotopic (exact) mass is 516 g/mol. The Labute approximate surface area is 225 Å². The molecule has 192 valence electrons. The number of carbonyl (C=O) groups excluding carboxylic acids is 2. The molecule has 0 saturated carbocycles. The fraction of sp³-hybridized carbons (Fsp3) is 0.0909. The zero-order valence-electron chi connectivity index (χ0n) is 21.4. The van der Waals surface area contributed by atoms with E-state index < -0.39 is 5.97 Å². The summed E-state index contributed by atoms with van der Waals surface area (Å²) in [4.78, 5) is 26.5. The molecule has 0 radical (unpaired) electrons. The Kier molecular flexibility index (Phi) is 6.21. The molecule has 0 aliphatic carbocycles. The summed E-state index contributed by atoms with van der Waals surface area (Å²) in [6.45, 7) is 2.09. The molecule has 0 unspecified atom stereocenters. The van der Waals surface area contributed by atoms with Crippen LogP contribution in [0.15, 0.2) is 101 Å². The molecule has 0 fully saturated rings. The number of benzene rings is 4. The molecule has 5 aromatic rings. The van der Waals surface area contributed by atoms with Crippen molar-refractivity contribution in [3.63, 3.8) is 0 Å². The van der Waals surface area contributed by atoms with Gasteiger partial charge in [0.1, 0.15) is 34.2 Å². The van der Waals surface area contributed by atoms with Crippen molar-refractivity contribution in [2.75, 3.05) is 7.11 Å². The van der Waals surface area contributed by atoms with Gasteiger partial charge in [0, 0.05) is 17.0 Å². The third-order valence-electron chi connectivity index (χ3n) is 6.67. The van der Waals surface area contributed by atoms with Gasteiger partial charge in [-0.1, -0.05) is 61.5 Å². The number of Topliss-reactive ketones (excluding diaryl/α,β-unsaturated/α-hetero) is 1. The Morgan fingerprint density at radius 2 is 1.67 bits per heavy atom. The van der Waals surface area contributed by atoms with Crippen LogP contribution in [0.1, 0.15) is 38.8 Å². The van der Waals surface area contributed by atoms with E-state index in [0.29, 0.717) is 33.8 Å². The van der Waals surface area contributed by atoms with Crippen molar-refractivity contribution in [1.29, 1.82) is 0 Å². The highest BCUT2D eigenvalue weighted by Crippen LogP contribution is 2.38. The maximum atomic E-state index is 13.6. The molecule has 1 aromatic heterocycles. The van der Waals surface area contributed by atoms with Crippen LogP contribution in [0.3, 0.4) is 0 Å². The van der Waals surface area contributed by atoms with Crippen LogP contribution >= 0.6 is 0 Å². The van der Waals surface area contributed by atoms with Crippen molar-refractivity contribution in [3.05, 3.63) is 119 Å². The zero-order chi connectivity index (χ0) is 26.9. The molecular weight excluding hydrogens is 492 g/mol. The van der Waals surface area contributed by atoms with Crippen molar-refractivity contribution in [1.82, 2.24) is 0 Å². The second kappa shape index (κ2) is 9.99. The maximum absolute atomic E-state index is 13.6. The van der Waals surface area contributed by atoms with E-state index in [2.05, 4.69) is 6.92 Å². The summed E-state index contributed by atoms with van der Waals surface area (Å²) in [7, 11) is 1.56. The first kappa shape index (κ1) is 24.2. The lowest BCUT2D eigenvalue weighted by Gasteiger charge is -2.07.